The van der Waals surface area contributed by atoms with Gasteiger partial charge >= 0.3 is 5.97 Å². The largest absolute Gasteiger partial charge is 0.465 e. The maximum Gasteiger partial charge on any atom is 0.319 e. The Kier molecular flexibility index (Phi) is 5.44. The smallest absolute Gasteiger partial charge is 0.319 e. The topological polar surface area (TPSA) is 56.1 Å². The molecule has 0 aromatic carbocycles. The molecule has 5 nitrogen and oxygen atoms in total. The zero-order valence-electron chi connectivity index (χ0n) is 10.4. The van der Waals surface area contributed by atoms with Crippen LogP contribution in [0.1, 0.15) is 25.2 Å². The molecule has 0 atom stereocenters. The fraction of sp³-hybridized carbons (Fsp3) is 0.636. The van der Waals surface area contributed by atoms with E-state index in [0.29, 0.717) is 18.2 Å². The predicted molar refractivity (Wildman–Crippen MR) is 66.0 cm³/mol. The van der Waals surface area contributed by atoms with E-state index in [1.807, 2.05) is 18.5 Å². The molecule has 1 aromatic heterocycles. The molecule has 0 unspecified atom stereocenters. The molecule has 0 radical (unpaired) electrons. The number of halogens is 1. The van der Waals surface area contributed by atoms with E-state index in [1.165, 1.54) is 0 Å². The predicted octanol–water partition coefficient (Wildman–Crippen LogP) is 1.52. The van der Waals surface area contributed by atoms with Crippen LogP contribution in [0.2, 0.25) is 5.02 Å². The van der Waals surface area contributed by atoms with Gasteiger partial charge in [0.2, 0.25) is 0 Å². The lowest BCUT2D eigenvalue weighted by atomic mass is 10.3. The van der Waals surface area contributed by atoms with Crippen LogP contribution in [0.5, 0.6) is 0 Å². The van der Waals surface area contributed by atoms with Crippen molar-refractivity contribution >= 4 is 17.6 Å². The molecule has 0 fully saturated rings. The van der Waals surface area contributed by atoms with Crippen LogP contribution in [0.25, 0.3) is 0 Å². The third-order valence-corrected chi connectivity index (χ3v) is 2.81. The highest BCUT2D eigenvalue weighted by Gasteiger charge is 2.12. The van der Waals surface area contributed by atoms with Crippen molar-refractivity contribution in [3.8, 4) is 0 Å². The minimum absolute atomic E-state index is 0.179. The van der Waals surface area contributed by atoms with Crippen LogP contribution in [0.15, 0.2) is 0 Å². The van der Waals surface area contributed by atoms with Crippen LogP contribution in [0, 0.1) is 6.92 Å². The quantitative estimate of drug-likeness (QED) is 0.787. The van der Waals surface area contributed by atoms with Crippen molar-refractivity contribution in [1.82, 2.24) is 15.1 Å². The average Bonchev–Trinajstić information content (AvgIpc) is 2.57. The summed E-state index contributed by atoms with van der Waals surface area (Å²) in [6.45, 7) is 7.48. The molecule has 0 aliphatic carbocycles. The molecule has 1 aromatic rings. The molecule has 0 saturated carbocycles. The summed E-state index contributed by atoms with van der Waals surface area (Å²) in [6, 6.07) is 0. The second-order valence-corrected chi connectivity index (χ2v) is 3.95. The third-order valence-electron chi connectivity index (χ3n) is 2.32. The molecule has 1 heterocycles. The third kappa shape index (κ3) is 3.71. The summed E-state index contributed by atoms with van der Waals surface area (Å²) in [5.74, 6) is -0.261. The first kappa shape index (κ1) is 14.0. The van der Waals surface area contributed by atoms with Gasteiger partial charge in [0.15, 0.2) is 0 Å². The fourth-order valence-corrected chi connectivity index (χ4v) is 1.74. The number of esters is 1. The van der Waals surface area contributed by atoms with Gasteiger partial charge in [0.1, 0.15) is 0 Å². The van der Waals surface area contributed by atoms with Crippen molar-refractivity contribution in [3.05, 3.63) is 16.4 Å². The Hall–Kier alpha value is -1.07. The molecule has 0 amide bonds. The molecule has 6 heteroatoms. The van der Waals surface area contributed by atoms with E-state index in [1.54, 1.807) is 6.92 Å². The fourth-order valence-electron chi connectivity index (χ4n) is 1.53. The molecule has 0 spiro atoms. The van der Waals surface area contributed by atoms with Gasteiger partial charge < -0.3 is 10.1 Å². The van der Waals surface area contributed by atoms with Gasteiger partial charge in [0.05, 0.1) is 29.6 Å². The molecular weight excluding hydrogens is 242 g/mol. The highest BCUT2D eigenvalue weighted by molar-refractivity contribution is 6.31. The highest BCUT2D eigenvalue weighted by atomic mass is 35.5. The molecule has 17 heavy (non-hydrogen) atoms. The number of carbonyl (C=O) groups is 1. The molecular formula is C11H18ClN3O2. The van der Waals surface area contributed by atoms with Crippen molar-refractivity contribution in [1.29, 1.82) is 0 Å². The second kappa shape index (κ2) is 6.61. The summed E-state index contributed by atoms with van der Waals surface area (Å²) >= 11 is 6.13. The monoisotopic (exact) mass is 259 g/mol. The van der Waals surface area contributed by atoms with E-state index < -0.39 is 0 Å². The molecule has 0 saturated heterocycles. The Balaban J connectivity index is 2.54. The number of aromatic nitrogens is 2. The second-order valence-electron chi connectivity index (χ2n) is 3.57. The van der Waals surface area contributed by atoms with E-state index in [9.17, 15) is 4.79 Å². The van der Waals surface area contributed by atoms with Crippen molar-refractivity contribution < 1.29 is 9.53 Å². The summed E-state index contributed by atoms with van der Waals surface area (Å²) in [5, 5.41) is 7.94. The molecule has 1 N–H and O–H groups in total. The zero-order chi connectivity index (χ0) is 12.8. The Morgan fingerprint density at radius 2 is 2.24 bits per heavy atom. The number of rotatable bonds is 6. The van der Waals surface area contributed by atoms with Crippen molar-refractivity contribution in [2.45, 2.75) is 33.9 Å². The lowest BCUT2D eigenvalue weighted by Crippen LogP contribution is -2.25. The van der Waals surface area contributed by atoms with Gasteiger partial charge in [-0.15, -0.1) is 0 Å². The molecule has 0 aliphatic rings. The first-order valence-electron chi connectivity index (χ1n) is 5.68. The van der Waals surface area contributed by atoms with Crippen LogP contribution < -0.4 is 5.32 Å². The van der Waals surface area contributed by atoms with Crippen LogP contribution in [0.4, 0.5) is 0 Å². The molecule has 1 rings (SSSR count). The molecule has 0 bridgehead atoms. The Bertz CT molecular complexity index is 390. The number of hydrogen-bond donors (Lipinski definition) is 1. The van der Waals surface area contributed by atoms with Gasteiger partial charge in [-0.25, -0.2) is 0 Å². The normalized spacial score (nSPS) is 10.6. The number of ether oxygens (including phenoxy) is 1. The number of nitrogens with zero attached hydrogens (tertiary/aromatic N) is 2. The van der Waals surface area contributed by atoms with Gasteiger partial charge in [-0.05, 0) is 20.8 Å². The summed E-state index contributed by atoms with van der Waals surface area (Å²) < 4.78 is 6.64. The van der Waals surface area contributed by atoms with Crippen LogP contribution in [-0.2, 0) is 22.6 Å². The first-order chi connectivity index (χ1) is 8.10. The van der Waals surface area contributed by atoms with E-state index in [4.69, 9.17) is 16.3 Å². The van der Waals surface area contributed by atoms with Gasteiger partial charge in [0, 0.05) is 13.1 Å². The van der Waals surface area contributed by atoms with Crippen LogP contribution in [-0.4, -0.2) is 28.9 Å². The van der Waals surface area contributed by atoms with Gasteiger partial charge in [-0.1, -0.05) is 11.6 Å². The lowest BCUT2D eigenvalue weighted by Gasteiger charge is -2.07. The summed E-state index contributed by atoms with van der Waals surface area (Å²) in [7, 11) is 0. The summed E-state index contributed by atoms with van der Waals surface area (Å²) in [6.07, 6.45) is 0. The van der Waals surface area contributed by atoms with Gasteiger partial charge in [-0.3, -0.25) is 9.48 Å². The maximum atomic E-state index is 11.1. The number of nitrogens with one attached hydrogen (secondary N) is 1. The van der Waals surface area contributed by atoms with Crippen LogP contribution in [0.3, 0.4) is 0 Å². The highest BCUT2D eigenvalue weighted by Crippen LogP contribution is 2.19. The summed E-state index contributed by atoms with van der Waals surface area (Å²) in [5.41, 5.74) is 1.71. The Morgan fingerprint density at radius 3 is 2.82 bits per heavy atom. The van der Waals surface area contributed by atoms with E-state index in [-0.39, 0.29) is 12.5 Å². The lowest BCUT2D eigenvalue weighted by molar-refractivity contribution is -0.142. The zero-order valence-corrected chi connectivity index (χ0v) is 11.2. The van der Waals surface area contributed by atoms with Gasteiger partial charge in [0.25, 0.3) is 0 Å². The standard InChI is InChI=1S/C11H18ClN3O2/c1-4-15-9(11(12)8(3)14-15)6-13-7-10(16)17-5-2/h13H,4-7H2,1-3H3. The average molecular weight is 260 g/mol. The minimum Gasteiger partial charge on any atom is -0.465 e. The van der Waals surface area contributed by atoms with Crippen molar-refractivity contribution in [2.75, 3.05) is 13.2 Å². The van der Waals surface area contributed by atoms with E-state index in [2.05, 4.69) is 10.4 Å². The van der Waals surface area contributed by atoms with Crippen molar-refractivity contribution in [2.24, 2.45) is 0 Å². The Morgan fingerprint density at radius 1 is 1.53 bits per heavy atom. The van der Waals surface area contributed by atoms with Crippen LogP contribution >= 0.6 is 11.6 Å². The molecule has 0 aliphatic heterocycles. The summed E-state index contributed by atoms with van der Waals surface area (Å²) in [4.78, 5) is 11.1. The SMILES string of the molecule is CCOC(=O)CNCc1c(Cl)c(C)nn1CC. The Labute approximate surface area is 106 Å². The van der Waals surface area contributed by atoms with Crippen molar-refractivity contribution in [3.63, 3.8) is 0 Å². The number of hydrogen-bond acceptors (Lipinski definition) is 4. The number of carbonyl (C=O) groups excluding carboxylic acids is 1. The molecule has 96 valence electrons. The van der Waals surface area contributed by atoms with Gasteiger partial charge in [-0.2, -0.15) is 5.10 Å². The minimum atomic E-state index is -0.261. The first-order valence-corrected chi connectivity index (χ1v) is 6.06. The van der Waals surface area contributed by atoms with E-state index in [0.717, 1.165) is 17.9 Å². The van der Waals surface area contributed by atoms with E-state index >= 15 is 0 Å². The number of aryl methyl sites for hydroxylation is 2. The maximum absolute atomic E-state index is 11.1.